The fourth-order valence-electron chi connectivity index (χ4n) is 1.20. The molecule has 0 aliphatic carbocycles. The maximum atomic E-state index is 9.32. The van der Waals surface area contributed by atoms with Crippen molar-refractivity contribution in [3.63, 3.8) is 0 Å². The van der Waals surface area contributed by atoms with Crippen LogP contribution in [0.25, 0.3) is 10.4 Å². The molecule has 5 atom stereocenters. The minimum Gasteiger partial charge on any atom is -0.388 e. The lowest BCUT2D eigenvalue weighted by Gasteiger charge is -2.37. The van der Waals surface area contributed by atoms with Gasteiger partial charge in [0.1, 0.15) is 18.3 Å². The number of aliphatic hydroxyl groups is 4. The molecule has 1 heterocycles. The van der Waals surface area contributed by atoms with E-state index in [1.165, 1.54) is 0 Å². The first-order chi connectivity index (χ1) is 6.57. The standard InChI is InChI=1S/C6H11N3O5/c7-9-8-1-2-3(10)4(11)5(12)6(13)14-2/h2-6,10-13H,1H2/t2?,3-,4?,5?,6+/m1/s1. The van der Waals surface area contributed by atoms with Crippen molar-refractivity contribution in [3.8, 4) is 0 Å². The van der Waals surface area contributed by atoms with Crippen LogP contribution in [0.1, 0.15) is 0 Å². The maximum Gasteiger partial charge on any atom is 0.183 e. The molecule has 8 heteroatoms. The zero-order valence-corrected chi connectivity index (χ0v) is 7.13. The fourth-order valence-corrected chi connectivity index (χ4v) is 1.20. The van der Waals surface area contributed by atoms with Crippen molar-refractivity contribution >= 4 is 0 Å². The van der Waals surface area contributed by atoms with Crippen LogP contribution in [0.4, 0.5) is 0 Å². The summed E-state index contributed by atoms with van der Waals surface area (Å²) < 4.78 is 4.71. The van der Waals surface area contributed by atoms with Crippen LogP contribution in [0, 0.1) is 0 Å². The van der Waals surface area contributed by atoms with Crippen LogP contribution < -0.4 is 0 Å². The molecule has 0 aromatic heterocycles. The quantitative estimate of drug-likeness (QED) is 0.237. The second-order valence-corrected chi connectivity index (χ2v) is 2.95. The molecule has 14 heavy (non-hydrogen) atoms. The molecule has 0 bridgehead atoms. The van der Waals surface area contributed by atoms with E-state index in [0.29, 0.717) is 0 Å². The largest absolute Gasteiger partial charge is 0.388 e. The molecule has 0 radical (unpaired) electrons. The van der Waals surface area contributed by atoms with Crippen LogP contribution >= 0.6 is 0 Å². The van der Waals surface area contributed by atoms with Crippen LogP contribution in [0.3, 0.4) is 0 Å². The van der Waals surface area contributed by atoms with E-state index in [9.17, 15) is 10.2 Å². The molecular weight excluding hydrogens is 194 g/mol. The minimum atomic E-state index is -1.59. The molecule has 8 nitrogen and oxygen atoms in total. The van der Waals surface area contributed by atoms with Crippen molar-refractivity contribution in [2.45, 2.75) is 30.7 Å². The van der Waals surface area contributed by atoms with Gasteiger partial charge in [-0.25, -0.2) is 0 Å². The smallest absolute Gasteiger partial charge is 0.183 e. The first kappa shape index (κ1) is 11.2. The van der Waals surface area contributed by atoms with Gasteiger partial charge in [0.25, 0.3) is 0 Å². The molecule has 4 N–H and O–H groups in total. The lowest BCUT2D eigenvalue weighted by atomic mass is 9.99. The Balaban J connectivity index is 2.64. The molecule has 0 aromatic rings. The molecule has 1 fully saturated rings. The van der Waals surface area contributed by atoms with E-state index < -0.39 is 30.7 Å². The maximum absolute atomic E-state index is 9.32. The van der Waals surface area contributed by atoms with Gasteiger partial charge in [0.05, 0.1) is 12.6 Å². The van der Waals surface area contributed by atoms with E-state index in [1.807, 2.05) is 0 Å². The number of azide groups is 1. The summed E-state index contributed by atoms with van der Waals surface area (Å²) >= 11 is 0. The van der Waals surface area contributed by atoms with E-state index in [0.717, 1.165) is 0 Å². The van der Waals surface area contributed by atoms with Crippen molar-refractivity contribution in [1.82, 2.24) is 0 Å². The summed E-state index contributed by atoms with van der Waals surface area (Å²) in [5.74, 6) is 0. The molecule has 0 spiro atoms. The van der Waals surface area contributed by atoms with Crippen LogP contribution in [-0.2, 0) is 4.74 Å². The number of hydrogen-bond donors (Lipinski definition) is 4. The molecule has 0 amide bonds. The predicted octanol–water partition coefficient (Wildman–Crippen LogP) is -1.90. The van der Waals surface area contributed by atoms with Crippen molar-refractivity contribution in [3.05, 3.63) is 10.4 Å². The van der Waals surface area contributed by atoms with Gasteiger partial charge in [-0.05, 0) is 5.53 Å². The summed E-state index contributed by atoms with van der Waals surface area (Å²) in [6, 6.07) is 0. The van der Waals surface area contributed by atoms with E-state index >= 15 is 0 Å². The third-order valence-corrected chi connectivity index (χ3v) is 2.01. The third kappa shape index (κ3) is 2.13. The Bertz CT molecular complexity index is 244. The zero-order chi connectivity index (χ0) is 10.7. The van der Waals surface area contributed by atoms with Crippen LogP contribution in [0.5, 0.6) is 0 Å². The lowest BCUT2D eigenvalue weighted by Crippen LogP contribution is -2.58. The molecule has 1 aliphatic rings. The minimum absolute atomic E-state index is 0.224. The second kappa shape index (κ2) is 4.56. The fraction of sp³-hybridized carbons (Fsp3) is 1.00. The summed E-state index contributed by atoms with van der Waals surface area (Å²) in [7, 11) is 0. The van der Waals surface area contributed by atoms with Crippen molar-refractivity contribution in [1.29, 1.82) is 0 Å². The molecular formula is C6H11N3O5. The molecule has 0 saturated carbocycles. The number of rotatable bonds is 2. The third-order valence-electron chi connectivity index (χ3n) is 2.01. The summed E-state index contributed by atoms with van der Waals surface area (Å²) in [5.41, 5.74) is 8.01. The Labute approximate surface area is 79.0 Å². The number of aliphatic hydroxyl groups excluding tert-OH is 4. The van der Waals surface area contributed by atoms with Gasteiger partial charge >= 0.3 is 0 Å². The van der Waals surface area contributed by atoms with Gasteiger partial charge < -0.3 is 25.2 Å². The Kier molecular flexibility index (Phi) is 3.64. The summed E-state index contributed by atoms with van der Waals surface area (Å²) in [5, 5.41) is 39.8. The molecule has 1 saturated heterocycles. The van der Waals surface area contributed by atoms with Crippen molar-refractivity contribution < 1.29 is 25.2 Å². The first-order valence-electron chi connectivity index (χ1n) is 3.96. The summed E-state index contributed by atoms with van der Waals surface area (Å²) in [4.78, 5) is 2.44. The number of nitrogens with zero attached hydrogens (tertiary/aromatic N) is 3. The van der Waals surface area contributed by atoms with Crippen LogP contribution in [0.2, 0.25) is 0 Å². The zero-order valence-electron chi connectivity index (χ0n) is 7.13. The molecule has 3 unspecified atom stereocenters. The Morgan fingerprint density at radius 1 is 1.14 bits per heavy atom. The highest BCUT2D eigenvalue weighted by Gasteiger charge is 2.42. The Hall–Kier alpha value is -0.890. The van der Waals surface area contributed by atoms with Gasteiger partial charge in [-0.2, -0.15) is 0 Å². The summed E-state index contributed by atoms with van der Waals surface area (Å²) in [6.45, 7) is -0.224. The molecule has 0 aromatic carbocycles. The van der Waals surface area contributed by atoms with Crippen LogP contribution in [0.15, 0.2) is 5.11 Å². The SMILES string of the molecule is [N-]=[N+]=NCC1O[C@H](O)C(O)C(O)[C@@H]1O. The Morgan fingerprint density at radius 3 is 2.36 bits per heavy atom. The van der Waals surface area contributed by atoms with E-state index in [2.05, 4.69) is 10.0 Å². The van der Waals surface area contributed by atoms with Gasteiger partial charge in [-0.15, -0.1) is 0 Å². The lowest BCUT2D eigenvalue weighted by molar-refractivity contribution is -0.279. The normalized spacial score (nSPS) is 43.0. The molecule has 1 rings (SSSR count). The van der Waals surface area contributed by atoms with Gasteiger partial charge in [0.15, 0.2) is 6.29 Å². The highest BCUT2D eigenvalue weighted by Crippen LogP contribution is 2.19. The van der Waals surface area contributed by atoms with Crippen molar-refractivity contribution in [2.75, 3.05) is 6.54 Å². The summed E-state index contributed by atoms with van der Waals surface area (Å²) in [6.07, 6.45) is -7.07. The highest BCUT2D eigenvalue weighted by atomic mass is 16.6. The van der Waals surface area contributed by atoms with Gasteiger partial charge in [0.2, 0.25) is 0 Å². The molecule has 80 valence electrons. The number of hydrogen-bond acceptors (Lipinski definition) is 6. The van der Waals surface area contributed by atoms with E-state index in [1.54, 1.807) is 0 Å². The van der Waals surface area contributed by atoms with Gasteiger partial charge in [0, 0.05) is 4.91 Å². The Morgan fingerprint density at radius 2 is 1.79 bits per heavy atom. The highest BCUT2D eigenvalue weighted by molar-refractivity contribution is 4.89. The second-order valence-electron chi connectivity index (χ2n) is 2.95. The average Bonchev–Trinajstić information content (AvgIpc) is 2.18. The van der Waals surface area contributed by atoms with Gasteiger partial charge in [-0.3, -0.25) is 0 Å². The van der Waals surface area contributed by atoms with Crippen molar-refractivity contribution in [2.24, 2.45) is 5.11 Å². The van der Waals surface area contributed by atoms with E-state index in [-0.39, 0.29) is 6.54 Å². The molecule has 1 aliphatic heterocycles. The van der Waals surface area contributed by atoms with Crippen LogP contribution in [-0.4, -0.2) is 57.7 Å². The van der Waals surface area contributed by atoms with E-state index in [4.69, 9.17) is 20.5 Å². The van der Waals surface area contributed by atoms with Gasteiger partial charge in [-0.1, -0.05) is 5.11 Å². The number of ether oxygens (including phenoxy) is 1. The monoisotopic (exact) mass is 205 g/mol. The predicted molar refractivity (Wildman–Crippen MR) is 42.9 cm³/mol. The first-order valence-corrected chi connectivity index (χ1v) is 3.96. The average molecular weight is 205 g/mol. The topological polar surface area (TPSA) is 139 Å².